The van der Waals surface area contributed by atoms with Crippen molar-refractivity contribution in [1.82, 2.24) is 4.98 Å². The molecule has 0 amide bonds. The number of hydrogen-bond donors (Lipinski definition) is 2. The highest BCUT2D eigenvalue weighted by molar-refractivity contribution is 5.97. The Morgan fingerprint density at radius 3 is 2.83 bits per heavy atom. The Labute approximate surface area is 106 Å². The smallest absolute Gasteiger partial charge is 0.0745 e. The molecule has 4 heteroatoms. The molecule has 94 valence electrons. The van der Waals surface area contributed by atoms with Gasteiger partial charge in [0.25, 0.3) is 0 Å². The van der Waals surface area contributed by atoms with E-state index in [4.69, 9.17) is 5.73 Å². The van der Waals surface area contributed by atoms with Gasteiger partial charge in [0.15, 0.2) is 0 Å². The van der Waals surface area contributed by atoms with Gasteiger partial charge in [-0.1, -0.05) is 18.2 Å². The van der Waals surface area contributed by atoms with Gasteiger partial charge in [-0.15, -0.1) is 0 Å². The van der Waals surface area contributed by atoms with E-state index in [9.17, 15) is 5.11 Å². The summed E-state index contributed by atoms with van der Waals surface area (Å²) < 4.78 is 0. The Bertz CT molecular complexity index is 566. The van der Waals surface area contributed by atoms with Crippen LogP contribution in [-0.4, -0.2) is 29.3 Å². The normalized spacial score (nSPS) is 14.9. The third-order valence-corrected chi connectivity index (χ3v) is 3.39. The van der Waals surface area contributed by atoms with Gasteiger partial charge in [0.1, 0.15) is 0 Å². The first-order chi connectivity index (χ1) is 8.81. The van der Waals surface area contributed by atoms with Gasteiger partial charge in [0.05, 0.1) is 29.7 Å². The lowest BCUT2D eigenvalue weighted by atomic mass is 10.1. The largest absolute Gasteiger partial charge is 0.396 e. The highest BCUT2D eigenvalue weighted by Crippen LogP contribution is 2.38. The zero-order valence-electron chi connectivity index (χ0n) is 10.2. The van der Waals surface area contributed by atoms with Gasteiger partial charge in [0.2, 0.25) is 0 Å². The van der Waals surface area contributed by atoms with Gasteiger partial charge in [-0.2, -0.15) is 0 Å². The summed E-state index contributed by atoms with van der Waals surface area (Å²) in [6, 6.07) is 8.52. The first kappa shape index (κ1) is 11.3. The Hall–Kier alpha value is -1.81. The lowest BCUT2D eigenvalue weighted by molar-refractivity contribution is 0.301. The highest BCUT2D eigenvalue weighted by Gasteiger charge is 2.30. The number of benzene rings is 1. The van der Waals surface area contributed by atoms with Crippen LogP contribution in [0.1, 0.15) is 12.8 Å². The molecule has 18 heavy (non-hydrogen) atoms. The van der Waals surface area contributed by atoms with Crippen LogP contribution in [0.4, 0.5) is 11.4 Å². The molecule has 0 spiro atoms. The van der Waals surface area contributed by atoms with Gasteiger partial charge >= 0.3 is 0 Å². The highest BCUT2D eigenvalue weighted by atomic mass is 16.3. The molecule has 2 aromatic rings. The average molecular weight is 243 g/mol. The summed E-state index contributed by atoms with van der Waals surface area (Å²) in [4.78, 5) is 6.57. The maximum Gasteiger partial charge on any atom is 0.0745 e. The molecule has 0 aliphatic heterocycles. The summed E-state index contributed by atoms with van der Waals surface area (Å²) >= 11 is 0. The molecule has 1 saturated carbocycles. The number of nitrogens with two attached hydrogens (primary N) is 1. The summed E-state index contributed by atoms with van der Waals surface area (Å²) in [5.41, 5.74) is 8.76. The van der Waals surface area contributed by atoms with Gasteiger partial charge in [-0.05, 0) is 18.9 Å². The van der Waals surface area contributed by atoms with Crippen LogP contribution in [0.2, 0.25) is 0 Å². The molecular formula is C14H17N3O. The molecule has 1 aromatic carbocycles. The van der Waals surface area contributed by atoms with Gasteiger partial charge in [-0.25, -0.2) is 0 Å². The SMILES string of the molecule is Nc1cnc2ccccc2c1N(CCO)C1CC1. The fourth-order valence-electron chi connectivity index (χ4n) is 2.43. The number of aliphatic hydroxyl groups is 1. The predicted molar refractivity (Wildman–Crippen MR) is 73.6 cm³/mol. The van der Waals surface area contributed by atoms with E-state index in [1.807, 2.05) is 24.3 Å². The number of anilines is 2. The number of aliphatic hydroxyl groups excluding tert-OH is 1. The molecule has 1 aliphatic carbocycles. The molecule has 1 heterocycles. The lowest BCUT2D eigenvalue weighted by Gasteiger charge is -2.26. The minimum absolute atomic E-state index is 0.145. The zero-order valence-corrected chi connectivity index (χ0v) is 10.2. The fourth-order valence-corrected chi connectivity index (χ4v) is 2.43. The molecule has 4 nitrogen and oxygen atoms in total. The van der Waals surface area contributed by atoms with E-state index in [0.29, 0.717) is 18.3 Å². The topological polar surface area (TPSA) is 62.4 Å². The number of nitrogens with zero attached hydrogens (tertiary/aromatic N) is 2. The summed E-state index contributed by atoms with van der Waals surface area (Å²) in [5.74, 6) is 0. The van der Waals surface area contributed by atoms with Crippen molar-refractivity contribution in [2.75, 3.05) is 23.8 Å². The monoisotopic (exact) mass is 243 g/mol. The number of hydrogen-bond acceptors (Lipinski definition) is 4. The van der Waals surface area contributed by atoms with E-state index in [-0.39, 0.29) is 6.61 Å². The summed E-state index contributed by atoms with van der Waals surface area (Å²) in [6.45, 7) is 0.773. The van der Waals surface area contributed by atoms with Gasteiger partial charge in [-0.3, -0.25) is 4.98 Å². The van der Waals surface area contributed by atoms with Gasteiger partial charge < -0.3 is 15.7 Å². The third-order valence-electron chi connectivity index (χ3n) is 3.39. The van der Waals surface area contributed by atoms with Crippen LogP contribution in [0.25, 0.3) is 10.9 Å². The molecule has 3 N–H and O–H groups in total. The van der Waals surface area contributed by atoms with Crippen LogP contribution in [0, 0.1) is 0 Å². The van der Waals surface area contributed by atoms with Crippen molar-refractivity contribution in [1.29, 1.82) is 0 Å². The summed E-state index contributed by atoms with van der Waals surface area (Å²) in [6.07, 6.45) is 4.07. The number of aromatic nitrogens is 1. The number of para-hydroxylation sites is 1. The standard InChI is InChI=1S/C14H17N3O/c15-12-9-16-13-4-2-1-3-11(13)14(12)17(7-8-18)10-5-6-10/h1-4,9-10,18H,5-8,15H2. The molecule has 0 saturated heterocycles. The van der Waals surface area contributed by atoms with E-state index in [1.54, 1.807) is 6.20 Å². The molecule has 1 aromatic heterocycles. The summed E-state index contributed by atoms with van der Waals surface area (Å²) in [7, 11) is 0. The average Bonchev–Trinajstić information content (AvgIpc) is 3.21. The van der Waals surface area contributed by atoms with Crippen molar-refractivity contribution < 1.29 is 5.11 Å². The molecule has 0 radical (unpaired) electrons. The van der Waals surface area contributed by atoms with Crippen LogP contribution in [0.5, 0.6) is 0 Å². The van der Waals surface area contributed by atoms with Crippen molar-refractivity contribution in [2.45, 2.75) is 18.9 Å². The molecule has 0 unspecified atom stereocenters. The molecule has 1 fully saturated rings. The van der Waals surface area contributed by atoms with E-state index in [2.05, 4.69) is 9.88 Å². The van der Waals surface area contributed by atoms with E-state index in [1.165, 1.54) is 12.8 Å². The zero-order chi connectivity index (χ0) is 12.5. The van der Waals surface area contributed by atoms with Crippen LogP contribution < -0.4 is 10.6 Å². The Morgan fingerprint density at radius 1 is 1.33 bits per heavy atom. The van der Waals surface area contributed by atoms with Gasteiger partial charge in [0, 0.05) is 18.0 Å². The maximum atomic E-state index is 9.24. The molecule has 3 rings (SSSR count). The number of fused-ring (bicyclic) bond motifs is 1. The second kappa shape index (κ2) is 4.46. The second-order valence-electron chi connectivity index (χ2n) is 4.73. The lowest BCUT2D eigenvalue weighted by Crippen LogP contribution is -2.29. The first-order valence-corrected chi connectivity index (χ1v) is 6.32. The quantitative estimate of drug-likeness (QED) is 0.859. The minimum Gasteiger partial charge on any atom is -0.396 e. The van der Waals surface area contributed by atoms with Crippen LogP contribution >= 0.6 is 0 Å². The van der Waals surface area contributed by atoms with E-state index < -0.39 is 0 Å². The molecule has 0 bridgehead atoms. The second-order valence-corrected chi connectivity index (χ2v) is 4.73. The van der Waals surface area contributed by atoms with Crippen molar-refractivity contribution >= 4 is 22.3 Å². The Balaban J connectivity index is 2.15. The van der Waals surface area contributed by atoms with Crippen molar-refractivity contribution in [3.8, 4) is 0 Å². The Morgan fingerprint density at radius 2 is 2.11 bits per heavy atom. The maximum absolute atomic E-state index is 9.24. The number of nitrogen functional groups attached to an aromatic ring is 1. The van der Waals surface area contributed by atoms with Crippen molar-refractivity contribution in [3.63, 3.8) is 0 Å². The molecule has 1 aliphatic rings. The molecule has 0 atom stereocenters. The third kappa shape index (κ3) is 1.88. The van der Waals surface area contributed by atoms with E-state index >= 15 is 0 Å². The number of pyridine rings is 1. The fraction of sp³-hybridized carbons (Fsp3) is 0.357. The van der Waals surface area contributed by atoms with Crippen LogP contribution in [0.15, 0.2) is 30.5 Å². The van der Waals surface area contributed by atoms with Crippen LogP contribution in [0.3, 0.4) is 0 Å². The van der Waals surface area contributed by atoms with E-state index in [0.717, 1.165) is 16.6 Å². The first-order valence-electron chi connectivity index (χ1n) is 6.32. The minimum atomic E-state index is 0.145. The van der Waals surface area contributed by atoms with Crippen molar-refractivity contribution in [3.05, 3.63) is 30.5 Å². The predicted octanol–water partition coefficient (Wildman–Crippen LogP) is 1.78. The molecular weight excluding hydrogens is 226 g/mol. The number of rotatable bonds is 4. The van der Waals surface area contributed by atoms with Crippen LogP contribution in [-0.2, 0) is 0 Å². The Kier molecular flexibility index (Phi) is 2.80. The summed E-state index contributed by atoms with van der Waals surface area (Å²) in [5, 5.41) is 10.3. The van der Waals surface area contributed by atoms with Crippen molar-refractivity contribution in [2.24, 2.45) is 0 Å².